The monoisotopic (exact) mass is 514 g/mol. The summed E-state index contributed by atoms with van der Waals surface area (Å²) in [6, 6.07) is 11.9. The highest BCUT2D eigenvalue weighted by atomic mass is 35.5. The first-order valence-corrected chi connectivity index (χ1v) is 13.0. The molecule has 2 saturated heterocycles. The quantitative estimate of drug-likeness (QED) is 0.447. The number of hydrogen-bond acceptors (Lipinski definition) is 7. The Morgan fingerprint density at radius 1 is 1.11 bits per heavy atom. The molecule has 10 heteroatoms. The molecule has 0 saturated carbocycles. The van der Waals surface area contributed by atoms with Crippen LogP contribution in [0.5, 0.6) is 0 Å². The van der Waals surface area contributed by atoms with Crippen LogP contribution in [-0.4, -0.2) is 84.2 Å². The van der Waals surface area contributed by atoms with Gasteiger partial charge >= 0.3 is 12.0 Å². The van der Waals surface area contributed by atoms with Crippen LogP contribution in [0.4, 0.5) is 10.7 Å². The van der Waals surface area contributed by atoms with E-state index in [9.17, 15) is 9.59 Å². The molecule has 0 spiro atoms. The molecule has 2 aliphatic heterocycles. The fourth-order valence-corrected chi connectivity index (χ4v) is 5.14. The van der Waals surface area contributed by atoms with Crippen LogP contribution in [0.15, 0.2) is 36.4 Å². The second kappa shape index (κ2) is 12.4. The zero-order chi connectivity index (χ0) is 25.5. The van der Waals surface area contributed by atoms with Crippen LogP contribution >= 0.6 is 11.6 Å². The molecular formula is C26H35ClN6O3. The van der Waals surface area contributed by atoms with Crippen LogP contribution in [0.1, 0.15) is 42.2 Å². The topological polar surface area (TPSA) is 90.9 Å². The minimum Gasteiger partial charge on any atom is -0.464 e. The van der Waals surface area contributed by atoms with Gasteiger partial charge in [0, 0.05) is 44.8 Å². The van der Waals surface area contributed by atoms with Gasteiger partial charge in [-0.15, -0.1) is 0 Å². The molecule has 2 amide bonds. The maximum atomic E-state index is 12.9. The third kappa shape index (κ3) is 6.85. The van der Waals surface area contributed by atoms with Crippen LogP contribution in [0.3, 0.4) is 0 Å². The minimum absolute atomic E-state index is 0.0362. The van der Waals surface area contributed by atoms with Gasteiger partial charge in [-0.3, -0.25) is 4.90 Å². The van der Waals surface area contributed by atoms with Gasteiger partial charge in [0.15, 0.2) is 5.69 Å². The molecule has 3 heterocycles. The highest BCUT2D eigenvalue weighted by Crippen LogP contribution is 2.22. The van der Waals surface area contributed by atoms with Crippen LogP contribution in [0.25, 0.3) is 0 Å². The molecule has 1 aromatic carbocycles. The highest BCUT2D eigenvalue weighted by Gasteiger charge is 2.29. The molecule has 2 aliphatic rings. The Balaban J connectivity index is 1.19. The highest BCUT2D eigenvalue weighted by molar-refractivity contribution is 6.29. The maximum Gasteiger partial charge on any atom is 0.356 e. The molecule has 2 fully saturated rings. The number of carbonyl (C=O) groups excluding carboxylic acids is 2. The van der Waals surface area contributed by atoms with Crippen molar-refractivity contribution in [2.24, 2.45) is 5.92 Å². The summed E-state index contributed by atoms with van der Waals surface area (Å²) in [7, 11) is 1.30. The van der Waals surface area contributed by atoms with Gasteiger partial charge in [-0.2, -0.15) is 0 Å². The van der Waals surface area contributed by atoms with Gasteiger partial charge in [0.2, 0.25) is 5.95 Å². The number of piperidine rings is 1. The van der Waals surface area contributed by atoms with Gasteiger partial charge in [-0.05, 0) is 50.8 Å². The number of nitrogens with zero attached hydrogens (tertiary/aromatic N) is 5. The molecule has 0 aliphatic carbocycles. The number of carbonyl (C=O) groups is 2. The number of amides is 2. The predicted octanol–water partition coefficient (Wildman–Crippen LogP) is 3.44. The SMILES string of the molecule is COC(=O)c1cc(Cl)nc(N2CCN(C(=O)NCCC3CCN(Cc4ccccc4)CC3)[C@H](C)C2)n1. The van der Waals surface area contributed by atoms with Crippen molar-refractivity contribution >= 4 is 29.5 Å². The van der Waals surface area contributed by atoms with E-state index in [2.05, 4.69) is 50.5 Å². The summed E-state index contributed by atoms with van der Waals surface area (Å²) in [5, 5.41) is 3.30. The maximum absolute atomic E-state index is 12.9. The lowest BCUT2D eigenvalue weighted by Gasteiger charge is -2.40. The Kier molecular flexibility index (Phi) is 8.98. The number of methoxy groups -OCH3 is 1. The first-order chi connectivity index (χ1) is 17.4. The summed E-state index contributed by atoms with van der Waals surface area (Å²) < 4.78 is 4.74. The Morgan fingerprint density at radius 3 is 2.56 bits per heavy atom. The number of urea groups is 1. The van der Waals surface area contributed by atoms with E-state index in [-0.39, 0.29) is 22.9 Å². The summed E-state index contributed by atoms with van der Waals surface area (Å²) in [5.41, 5.74) is 1.48. The smallest absolute Gasteiger partial charge is 0.356 e. The average Bonchev–Trinajstić information content (AvgIpc) is 2.89. The number of halogens is 1. The molecule has 194 valence electrons. The standard InChI is InChI=1S/C26H35ClN6O3/c1-19-17-32(25-29-22(24(34)36-2)16-23(27)30-25)14-15-33(19)26(35)28-11-8-20-9-12-31(13-10-20)18-21-6-4-3-5-7-21/h3-7,16,19-20H,8-15,17-18H2,1-2H3,(H,28,35)/t19-/m1/s1. The molecule has 9 nitrogen and oxygen atoms in total. The van der Waals surface area contributed by atoms with E-state index in [0.29, 0.717) is 38.0 Å². The fourth-order valence-electron chi connectivity index (χ4n) is 4.96. The Labute approximate surface area is 217 Å². The van der Waals surface area contributed by atoms with Crippen LogP contribution in [0, 0.1) is 5.92 Å². The van der Waals surface area contributed by atoms with Crippen molar-refractivity contribution in [3.8, 4) is 0 Å². The van der Waals surface area contributed by atoms with Crippen molar-refractivity contribution < 1.29 is 14.3 Å². The average molecular weight is 515 g/mol. The fraction of sp³-hybridized carbons (Fsp3) is 0.538. The van der Waals surface area contributed by atoms with Crippen molar-refractivity contribution in [2.45, 2.75) is 38.8 Å². The Hall–Kier alpha value is -2.91. The minimum atomic E-state index is -0.562. The first kappa shape index (κ1) is 26.2. The summed E-state index contributed by atoms with van der Waals surface area (Å²) in [6.45, 7) is 7.56. The lowest BCUT2D eigenvalue weighted by molar-refractivity contribution is 0.0594. The number of nitrogens with one attached hydrogen (secondary N) is 1. The number of anilines is 1. The number of aromatic nitrogens is 2. The number of benzene rings is 1. The van der Waals surface area contributed by atoms with Gasteiger partial charge in [0.25, 0.3) is 0 Å². The van der Waals surface area contributed by atoms with Crippen molar-refractivity contribution in [3.05, 3.63) is 52.8 Å². The second-order valence-electron chi connectivity index (χ2n) is 9.58. The molecular weight excluding hydrogens is 480 g/mol. The number of piperazine rings is 1. The lowest BCUT2D eigenvalue weighted by atomic mass is 9.93. The van der Waals surface area contributed by atoms with E-state index in [1.807, 2.05) is 16.7 Å². The molecule has 1 aromatic heterocycles. The van der Waals surface area contributed by atoms with E-state index in [1.165, 1.54) is 31.6 Å². The Morgan fingerprint density at radius 2 is 1.86 bits per heavy atom. The third-order valence-electron chi connectivity index (χ3n) is 7.03. The Bertz CT molecular complexity index is 1030. The zero-order valence-electron chi connectivity index (χ0n) is 21.0. The summed E-state index contributed by atoms with van der Waals surface area (Å²) in [4.78, 5) is 39.6. The molecule has 0 radical (unpaired) electrons. The van der Waals surface area contributed by atoms with Crippen molar-refractivity contribution in [1.82, 2.24) is 25.1 Å². The van der Waals surface area contributed by atoms with Gasteiger partial charge in [0.1, 0.15) is 5.15 Å². The lowest BCUT2D eigenvalue weighted by Crippen LogP contribution is -2.57. The van der Waals surface area contributed by atoms with E-state index < -0.39 is 5.97 Å². The number of ether oxygens (including phenoxy) is 1. The molecule has 0 unspecified atom stereocenters. The van der Waals surface area contributed by atoms with Crippen molar-refractivity contribution in [1.29, 1.82) is 0 Å². The third-order valence-corrected chi connectivity index (χ3v) is 7.23. The van der Waals surface area contributed by atoms with Gasteiger partial charge in [-0.25, -0.2) is 19.6 Å². The molecule has 36 heavy (non-hydrogen) atoms. The predicted molar refractivity (Wildman–Crippen MR) is 139 cm³/mol. The van der Waals surface area contributed by atoms with Crippen molar-refractivity contribution in [3.63, 3.8) is 0 Å². The normalized spacial score (nSPS) is 19.2. The summed E-state index contributed by atoms with van der Waals surface area (Å²) >= 11 is 6.09. The van der Waals surface area contributed by atoms with Crippen molar-refractivity contribution in [2.75, 3.05) is 51.3 Å². The summed E-state index contributed by atoms with van der Waals surface area (Å²) in [5.74, 6) is 0.456. The molecule has 1 N–H and O–H groups in total. The van der Waals surface area contributed by atoms with Crippen LogP contribution < -0.4 is 10.2 Å². The van der Waals surface area contributed by atoms with E-state index in [4.69, 9.17) is 16.3 Å². The summed E-state index contributed by atoms with van der Waals surface area (Å²) in [6.07, 6.45) is 3.35. The van der Waals surface area contributed by atoms with Crippen LogP contribution in [-0.2, 0) is 11.3 Å². The number of likely N-dealkylation sites (tertiary alicyclic amines) is 1. The molecule has 4 rings (SSSR count). The molecule has 0 bridgehead atoms. The van der Waals surface area contributed by atoms with E-state index in [0.717, 1.165) is 26.1 Å². The number of rotatable bonds is 7. The number of esters is 1. The largest absolute Gasteiger partial charge is 0.464 e. The van der Waals surface area contributed by atoms with Gasteiger partial charge < -0.3 is 19.9 Å². The molecule has 2 aromatic rings. The van der Waals surface area contributed by atoms with Gasteiger partial charge in [0.05, 0.1) is 7.11 Å². The van der Waals surface area contributed by atoms with Gasteiger partial charge in [-0.1, -0.05) is 41.9 Å². The van der Waals surface area contributed by atoms with E-state index in [1.54, 1.807) is 0 Å². The first-order valence-electron chi connectivity index (χ1n) is 12.6. The zero-order valence-corrected chi connectivity index (χ0v) is 21.8. The number of hydrogen-bond donors (Lipinski definition) is 1. The van der Waals surface area contributed by atoms with E-state index >= 15 is 0 Å². The molecule has 1 atom stereocenters. The van der Waals surface area contributed by atoms with Crippen LogP contribution in [0.2, 0.25) is 5.15 Å². The second-order valence-corrected chi connectivity index (χ2v) is 9.97.